The van der Waals surface area contributed by atoms with E-state index in [1.54, 1.807) is 0 Å². The number of rotatable bonds is 7. The third-order valence-corrected chi connectivity index (χ3v) is 2.75. The Morgan fingerprint density at radius 3 is 1.89 bits per heavy atom. The number of anilines is 2. The minimum Gasteiger partial charge on any atom is -0.380 e. The second-order valence-electron chi connectivity index (χ2n) is 4.11. The van der Waals surface area contributed by atoms with Gasteiger partial charge in [-0.3, -0.25) is 5.01 Å². The van der Waals surface area contributed by atoms with Crippen LogP contribution in [0.4, 0.5) is 11.4 Å². The average Bonchev–Trinajstić information content (AvgIpc) is 2.49. The van der Waals surface area contributed by atoms with Crippen molar-refractivity contribution in [2.75, 3.05) is 24.8 Å². The fourth-order valence-corrected chi connectivity index (χ4v) is 1.86. The first-order chi connectivity index (χ1) is 9.42. The molecule has 0 aliphatic carbocycles. The van der Waals surface area contributed by atoms with Gasteiger partial charge in [0.2, 0.25) is 0 Å². The summed E-state index contributed by atoms with van der Waals surface area (Å²) in [6.07, 6.45) is 0. The number of nitrogens with zero attached hydrogens (tertiary/aromatic N) is 1. The minimum absolute atomic E-state index is 0.701. The number of hydrogen-bond donors (Lipinski definition) is 1. The molecule has 0 aliphatic heterocycles. The van der Waals surface area contributed by atoms with E-state index in [1.165, 1.54) is 0 Å². The van der Waals surface area contributed by atoms with Gasteiger partial charge in [-0.05, 0) is 31.2 Å². The molecular formula is C16H20N2O. The fraction of sp³-hybridized carbons (Fsp3) is 0.250. The highest BCUT2D eigenvalue weighted by Gasteiger charge is 2.07. The van der Waals surface area contributed by atoms with Crippen molar-refractivity contribution in [1.29, 1.82) is 0 Å². The van der Waals surface area contributed by atoms with Crippen LogP contribution < -0.4 is 10.4 Å². The maximum atomic E-state index is 5.37. The van der Waals surface area contributed by atoms with E-state index < -0.39 is 0 Å². The van der Waals surface area contributed by atoms with Crippen molar-refractivity contribution < 1.29 is 4.74 Å². The summed E-state index contributed by atoms with van der Waals surface area (Å²) in [5, 5.41) is 2.08. The molecule has 0 bridgehead atoms. The van der Waals surface area contributed by atoms with Gasteiger partial charge in [-0.1, -0.05) is 36.4 Å². The van der Waals surface area contributed by atoms with E-state index >= 15 is 0 Å². The molecule has 0 saturated heterocycles. The van der Waals surface area contributed by atoms with Gasteiger partial charge < -0.3 is 4.74 Å². The predicted octanol–water partition coefficient (Wildman–Crippen LogP) is 3.37. The molecule has 0 fully saturated rings. The van der Waals surface area contributed by atoms with E-state index in [0.29, 0.717) is 6.61 Å². The highest BCUT2D eigenvalue weighted by molar-refractivity contribution is 5.61. The molecule has 0 radical (unpaired) electrons. The summed E-state index contributed by atoms with van der Waals surface area (Å²) in [4.78, 5) is 0. The molecule has 0 saturated carbocycles. The first kappa shape index (κ1) is 13.6. The lowest BCUT2D eigenvalue weighted by Crippen LogP contribution is -2.36. The molecule has 2 aromatic rings. The third kappa shape index (κ3) is 4.09. The van der Waals surface area contributed by atoms with Gasteiger partial charge in [-0.25, -0.2) is 5.43 Å². The fourth-order valence-electron chi connectivity index (χ4n) is 1.86. The summed E-state index contributed by atoms with van der Waals surface area (Å²) in [6, 6.07) is 20.5. The SMILES string of the molecule is CCOCCNN(c1ccccc1)c1ccccc1. The van der Waals surface area contributed by atoms with Crippen LogP contribution in [-0.2, 0) is 4.74 Å². The number of hydrazine groups is 1. The molecule has 0 spiro atoms. The van der Waals surface area contributed by atoms with Gasteiger partial charge in [0.25, 0.3) is 0 Å². The highest BCUT2D eigenvalue weighted by atomic mass is 16.5. The first-order valence-electron chi connectivity index (χ1n) is 6.63. The van der Waals surface area contributed by atoms with Crippen LogP contribution in [0, 0.1) is 0 Å². The zero-order valence-electron chi connectivity index (χ0n) is 11.3. The second-order valence-corrected chi connectivity index (χ2v) is 4.11. The largest absolute Gasteiger partial charge is 0.380 e. The molecule has 2 rings (SSSR count). The van der Waals surface area contributed by atoms with Crippen LogP contribution in [0.25, 0.3) is 0 Å². The molecule has 0 unspecified atom stereocenters. The van der Waals surface area contributed by atoms with Crippen molar-refractivity contribution in [2.45, 2.75) is 6.92 Å². The van der Waals surface area contributed by atoms with E-state index in [1.807, 2.05) is 43.3 Å². The Labute approximate surface area is 114 Å². The number of para-hydroxylation sites is 2. The van der Waals surface area contributed by atoms with Gasteiger partial charge in [0.1, 0.15) is 0 Å². The van der Waals surface area contributed by atoms with Gasteiger partial charge in [-0.15, -0.1) is 0 Å². The van der Waals surface area contributed by atoms with E-state index in [9.17, 15) is 0 Å². The van der Waals surface area contributed by atoms with E-state index in [-0.39, 0.29) is 0 Å². The maximum absolute atomic E-state index is 5.37. The van der Waals surface area contributed by atoms with Crippen LogP contribution >= 0.6 is 0 Å². The van der Waals surface area contributed by atoms with Crippen LogP contribution in [0.15, 0.2) is 60.7 Å². The van der Waals surface area contributed by atoms with Crippen LogP contribution in [0.1, 0.15) is 6.92 Å². The zero-order valence-corrected chi connectivity index (χ0v) is 11.3. The Balaban J connectivity index is 2.10. The summed E-state index contributed by atoms with van der Waals surface area (Å²) in [7, 11) is 0. The lowest BCUT2D eigenvalue weighted by Gasteiger charge is -2.25. The summed E-state index contributed by atoms with van der Waals surface area (Å²) in [5.41, 5.74) is 5.63. The Bertz CT molecular complexity index is 419. The van der Waals surface area contributed by atoms with Crippen molar-refractivity contribution in [3.8, 4) is 0 Å². The molecule has 1 N–H and O–H groups in total. The van der Waals surface area contributed by atoms with Crippen molar-refractivity contribution in [1.82, 2.24) is 5.43 Å². The molecule has 0 atom stereocenters. The average molecular weight is 256 g/mol. The first-order valence-corrected chi connectivity index (χ1v) is 6.63. The van der Waals surface area contributed by atoms with Crippen LogP contribution in [0.2, 0.25) is 0 Å². The second kappa shape index (κ2) is 7.56. The number of hydrogen-bond acceptors (Lipinski definition) is 3. The third-order valence-electron chi connectivity index (χ3n) is 2.75. The summed E-state index contributed by atoms with van der Waals surface area (Å²) >= 11 is 0. The van der Waals surface area contributed by atoms with E-state index in [0.717, 1.165) is 24.5 Å². The minimum atomic E-state index is 0.701. The molecule has 3 nitrogen and oxygen atoms in total. The molecule has 0 aromatic heterocycles. The normalized spacial score (nSPS) is 10.4. The molecule has 100 valence electrons. The lowest BCUT2D eigenvalue weighted by molar-refractivity contribution is 0.149. The Morgan fingerprint density at radius 1 is 0.895 bits per heavy atom. The van der Waals surface area contributed by atoms with E-state index in [4.69, 9.17) is 4.74 Å². The quantitative estimate of drug-likeness (QED) is 0.607. The summed E-state index contributed by atoms with van der Waals surface area (Å²) in [5.74, 6) is 0. The van der Waals surface area contributed by atoms with Crippen molar-refractivity contribution in [2.24, 2.45) is 0 Å². The molecule has 0 heterocycles. The predicted molar refractivity (Wildman–Crippen MR) is 79.5 cm³/mol. The van der Waals surface area contributed by atoms with Gasteiger partial charge in [0.15, 0.2) is 0 Å². The topological polar surface area (TPSA) is 24.5 Å². The van der Waals surface area contributed by atoms with Crippen molar-refractivity contribution in [3.63, 3.8) is 0 Å². The summed E-state index contributed by atoms with van der Waals surface area (Å²) in [6.45, 7) is 4.23. The number of ether oxygens (including phenoxy) is 1. The highest BCUT2D eigenvalue weighted by Crippen LogP contribution is 2.22. The Hall–Kier alpha value is -1.84. The van der Waals surface area contributed by atoms with Gasteiger partial charge >= 0.3 is 0 Å². The lowest BCUT2D eigenvalue weighted by atomic mass is 10.2. The molecular weight excluding hydrogens is 236 g/mol. The smallest absolute Gasteiger partial charge is 0.0609 e. The van der Waals surface area contributed by atoms with Crippen LogP contribution in [0.3, 0.4) is 0 Å². The molecule has 3 heteroatoms. The summed E-state index contributed by atoms with van der Waals surface area (Å²) < 4.78 is 5.37. The molecule has 19 heavy (non-hydrogen) atoms. The van der Waals surface area contributed by atoms with Gasteiger partial charge in [-0.2, -0.15) is 0 Å². The van der Waals surface area contributed by atoms with Crippen LogP contribution in [0.5, 0.6) is 0 Å². The Kier molecular flexibility index (Phi) is 5.41. The monoisotopic (exact) mass is 256 g/mol. The number of benzene rings is 2. The van der Waals surface area contributed by atoms with E-state index in [2.05, 4.69) is 34.7 Å². The van der Waals surface area contributed by atoms with Crippen LogP contribution in [-0.4, -0.2) is 19.8 Å². The van der Waals surface area contributed by atoms with Gasteiger partial charge in [0, 0.05) is 13.2 Å². The molecule has 0 amide bonds. The van der Waals surface area contributed by atoms with Crippen molar-refractivity contribution >= 4 is 11.4 Å². The maximum Gasteiger partial charge on any atom is 0.0609 e. The number of nitrogens with one attached hydrogen (secondary N) is 1. The standard InChI is InChI=1S/C16H20N2O/c1-2-19-14-13-17-18(15-9-5-3-6-10-15)16-11-7-4-8-12-16/h3-12,17H,2,13-14H2,1H3. The van der Waals surface area contributed by atoms with Gasteiger partial charge in [0.05, 0.1) is 18.0 Å². The van der Waals surface area contributed by atoms with Crippen molar-refractivity contribution in [3.05, 3.63) is 60.7 Å². The zero-order chi connectivity index (χ0) is 13.3. The molecule has 2 aromatic carbocycles. The molecule has 0 aliphatic rings. The Morgan fingerprint density at radius 2 is 1.42 bits per heavy atom.